The number of aromatic nitrogens is 2. The molecule has 2 aromatic heterocycles. The van der Waals surface area contributed by atoms with E-state index in [1.54, 1.807) is 12.3 Å². The van der Waals surface area contributed by atoms with Gasteiger partial charge in [-0.25, -0.2) is 0 Å². The number of aromatic amines is 1. The highest BCUT2D eigenvalue weighted by Crippen LogP contribution is 2.29. The van der Waals surface area contributed by atoms with Crippen LogP contribution in [-0.2, 0) is 0 Å². The Kier molecular flexibility index (Phi) is 2.27. The average molecular weight is 244 g/mol. The Hall–Kier alpha value is -2.00. The smallest absolute Gasteiger partial charge is 0.0743 e. The summed E-state index contributed by atoms with van der Waals surface area (Å²) in [5.74, 6) is 0. The molecular formula is C13H10ClN3. The lowest BCUT2D eigenvalue weighted by Gasteiger charge is -2.00. The highest BCUT2D eigenvalue weighted by atomic mass is 35.5. The number of benzene rings is 1. The van der Waals surface area contributed by atoms with Crippen molar-refractivity contribution < 1.29 is 0 Å². The van der Waals surface area contributed by atoms with E-state index in [1.807, 2.05) is 30.5 Å². The molecule has 4 heteroatoms. The van der Waals surface area contributed by atoms with Crippen LogP contribution < -0.4 is 5.73 Å². The van der Waals surface area contributed by atoms with Crippen LogP contribution in [0.15, 0.2) is 42.7 Å². The fraction of sp³-hybridized carbons (Fsp3) is 0. The minimum Gasteiger partial charge on any atom is -0.399 e. The molecule has 3 nitrogen and oxygen atoms in total. The first-order valence-corrected chi connectivity index (χ1v) is 5.60. The Balaban J connectivity index is 2.24. The summed E-state index contributed by atoms with van der Waals surface area (Å²) in [5.41, 5.74) is 9.36. The number of fused-ring (bicyclic) bond motifs is 1. The molecule has 0 saturated carbocycles. The van der Waals surface area contributed by atoms with E-state index in [-0.39, 0.29) is 0 Å². The van der Waals surface area contributed by atoms with E-state index >= 15 is 0 Å². The minimum absolute atomic E-state index is 0.707. The number of nitrogens with zero attached hydrogens (tertiary/aromatic N) is 1. The van der Waals surface area contributed by atoms with Gasteiger partial charge in [0, 0.05) is 39.6 Å². The van der Waals surface area contributed by atoms with Crippen molar-refractivity contribution in [2.24, 2.45) is 0 Å². The van der Waals surface area contributed by atoms with E-state index in [4.69, 9.17) is 17.3 Å². The van der Waals surface area contributed by atoms with Crippen molar-refractivity contribution in [3.8, 4) is 11.3 Å². The molecule has 0 aliphatic heterocycles. The number of rotatable bonds is 1. The molecule has 0 bridgehead atoms. The minimum atomic E-state index is 0.707. The van der Waals surface area contributed by atoms with Crippen molar-refractivity contribution in [1.29, 1.82) is 0 Å². The Labute approximate surface area is 103 Å². The summed E-state index contributed by atoms with van der Waals surface area (Å²) in [6, 6.07) is 9.38. The summed E-state index contributed by atoms with van der Waals surface area (Å²) < 4.78 is 0. The van der Waals surface area contributed by atoms with Crippen molar-refractivity contribution in [3.05, 3.63) is 47.7 Å². The Morgan fingerprint density at radius 1 is 1.18 bits per heavy atom. The van der Waals surface area contributed by atoms with Crippen LogP contribution in [0.4, 0.5) is 5.69 Å². The lowest BCUT2D eigenvalue weighted by Crippen LogP contribution is -1.87. The van der Waals surface area contributed by atoms with Gasteiger partial charge in [0.2, 0.25) is 0 Å². The van der Waals surface area contributed by atoms with Crippen molar-refractivity contribution in [2.45, 2.75) is 0 Å². The number of H-pyrrole nitrogens is 1. The average Bonchev–Trinajstić information content (AvgIpc) is 2.71. The van der Waals surface area contributed by atoms with Gasteiger partial charge < -0.3 is 10.7 Å². The Bertz CT molecular complexity index is 688. The monoisotopic (exact) mass is 243 g/mol. The molecule has 0 aliphatic carbocycles. The molecule has 84 valence electrons. The zero-order valence-electron chi connectivity index (χ0n) is 8.94. The van der Waals surface area contributed by atoms with Gasteiger partial charge in [-0.05, 0) is 24.3 Å². The highest BCUT2D eigenvalue weighted by molar-refractivity contribution is 6.31. The summed E-state index contributed by atoms with van der Waals surface area (Å²) in [6.07, 6.45) is 3.63. The second-order valence-electron chi connectivity index (χ2n) is 3.87. The number of hydrogen-bond acceptors (Lipinski definition) is 2. The predicted molar refractivity (Wildman–Crippen MR) is 71.0 cm³/mol. The number of halogens is 1. The van der Waals surface area contributed by atoms with Crippen molar-refractivity contribution >= 4 is 28.2 Å². The molecule has 0 atom stereocenters. The molecule has 0 spiro atoms. The molecule has 3 rings (SSSR count). The van der Waals surface area contributed by atoms with Crippen LogP contribution in [0.5, 0.6) is 0 Å². The topological polar surface area (TPSA) is 54.7 Å². The molecule has 3 N–H and O–H groups in total. The number of nitrogen functional groups attached to an aromatic ring is 1. The molecule has 1 aromatic carbocycles. The third-order valence-corrected chi connectivity index (χ3v) is 2.94. The fourth-order valence-electron chi connectivity index (χ4n) is 1.90. The number of anilines is 1. The maximum absolute atomic E-state index is 5.94. The van der Waals surface area contributed by atoms with Crippen LogP contribution >= 0.6 is 11.6 Å². The molecule has 0 saturated heterocycles. The lowest BCUT2D eigenvalue weighted by molar-refractivity contribution is 1.33. The van der Waals surface area contributed by atoms with Crippen LogP contribution in [0.3, 0.4) is 0 Å². The van der Waals surface area contributed by atoms with E-state index < -0.39 is 0 Å². The number of nitrogens with two attached hydrogens (primary N) is 1. The first-order valence-electron chi connectivity index (χ1n) is 5.22. The van der Waals surface area contributed by atoms with E-state index in [2.05, 4.69) is 9.97 Å². The normalized spacial score (nSPS) is 10.9. The van der Waals surface area contributed by atoms with E-state index in [9.17, 15) is 0 Å². The molecule has 0 fully saturated rings. The van der Waals surface area contributed by atoms with Gasteiger partial charge in [-0.15, -0.1) is 0 Å². The molecule has 2 heterocycles. The number of hydrogen-bond donors (Lipinski definition) is 2. The third-order valence-electron chi connectivity index (χ3n) is 2.70. The fourth-order valence-corrected chi connectivity index (χ4v) is 2.08. The summed E-state index contributed by atoms with van der Waals surface area (Å²) in [5, 5.41) is 1.80. The quantitative estimate of drug-likeness (QED) is 0.688. The van der Waals surface area contributed by atoms with E-state index in [0.29, 0.717) is 10.7 Å². The van der Waals surface area contributed by atoms with E-state index in [1.165, 1.54) is 0 Å². The summed E-state index contributed by atoms with van der Waals surface area (Å²) >= 11 is 5.94. The zero-order chi connectivity index (χ0) is 11.8. The molecule has 0 aliphatic rings. The predicted octanol–water partition coefficient (Wildman–Crippen LogP) is 3.47. The van der Waals surface area contributed by atoms with Crippen LogP contribution in [0.1, 0.15) is 0 Å². The summed E-state index contributed by atoms with van der Waals surface area (Å²) in [6.45, 7) is 0. The molecule has 0 amide bonds. The van der Waals surface area contributed by atoms with Crippen molar-refractivity contribution in [3.63, 3.8) is 0 Å². The molecule has 0 unspecified atom stereocenters. The Morgan fingerprint density at radius 3 is 2.88 bits per heavy atom. The number of pyridine rings is 1. The van der Waals surface area contributed by atoms with Gasteiger partial charge in [0.25, 0.3) is 0 Å². The second kappa shape index (κ2) is 3.79. The summed E-state index contributed by atoms with van der Waals surface area (Å²) in [7, 11) is 0. The van der Waals surface area contributed by atoms with Crippen LogP contribution in [-0.4, -0.2) is 9.97 Å². The van der Waals surface area contributed by atoms with Crippen LogP contribution in [0.25, 0.3) is 22.2 Å². The molecular weight excluding hydrogens is 234 g/mol. The first kappa shape index (κ1) is 10.2. The summed E-state index contributed by atoms with van der Waals surface area (Å²) in [4.78, 5) is 7.50. The number of nitrogens with one attached hydrogen (secondary N) is 1. The standard InChI is InChI=1S/C13H10ClN3/c14-8-1-2-10-11(7-17-12(10)5-8)13-6-9(15)3-4-16-13/h1-7,17H,(H2,15,16). The van der Waals surface area contributed by atoms with Gasteiger partial charge in [-0.3, -0.25) is 4.98 Å². The largest absolute Gasteiger partial charge is 0.399 e. The molecule has 3 aromatic rings. The Morgan fingerprint density at radius 2 is 2.06 bits per heavy atom. The third kappa shape index (κ3) is 1.74. The molecule has 0 radical (unpaired) electrons. The highest BCUT2D eigenvalue weighted by Gasteiger charge is 2.07. The maximum Gasteiger partial charge on any atom is 0.0743 e. The van der Waals surface area contributed by atoms with Gasteiger partial charge in [0.15, 0.2) is 0 Å². The van der Waals surface area contributed by atoms with Gasteiger partial charge in [-0.2, -0.15) is 0 Å². The van der Waals surface area contributed by atoms with Crippen LogP contribution in [0, 0.1) is 0 Å². The van der Waals surface area contributed by atoms with Gasteiger partial charge in [0.1, 0.15) is 0 Å². The van der Waals surface area contributed by atoms with Gasteiger partial charge in [-0.1, -0.05) is 17.7 Å². The zero-order valence-corrected chi connectivity index (χ0v) is 9.70. The van der Waals surface area contributed by atoms with Gasteiger partial charge in [0.05, 0.1) is 5.69 Å². The van der Waals surface area contributed by atoms with Crippen molar-refractivity contribution in [2.75, 3.05) is 5.73 Å². The second-order valence-corrected chi connectivity index (χ2v) is 4.30. The van der Waals surface area contributed by atoms with E-state index in [0.717, 1.165) is 22.2 Å². The van der Waals surface area contributed by atoms with Crippen molar-refractivity contribution in [1.82, 2.24) is 9.97 Å². The maximum atomic E-state index is 5.94. The van der Waals surface area contributed by atoms with Gasteiger partial charge >= 0.3 is 0 Å². The first-order chi connectivity index (χ1) is 8.24. The SMILES string of the molecule is Nc1ccnc(-c2c[nH]c3cc(Cl)ccc23)c1. The lowest BCUT2D eigenvalue weighted by atomic mass is 10.1. The van der Waals surface area contributed by atoms with Crippen LogP contribution in [0.2, 0.25) is 5.02 Å². The molecule has 17 heavy (non-hydrogen) atoms.